The molecule has 0 spiro atoms. The zero-order valence-corrected chi connectivity index (χ0v) is 14.0. The lowest BCUT2D eigenvalue weighted by Gasteiger charge is -2.14. The van der Waals surface area contributed by atoms with E-state index in [2.05, 4.69) is 62.8 Å². The normalized spacial score (nSPS) is 12.4. The van der Waals surface area contributed by atoms with Crippen LogP contribution < -0.4 is 5.73 Å². The second kappa shape index (κ2) is 6.37. The third-order valence-electron chi connectivity index (χ3n) is 2.73. The van der Waals surface area contributed by atoms with E-state index in [1.165, 1.54) is 9.13 Å². The van der Waals surface area contributed by atoms with Crippen molar-refractivity contribution >= 4 is 50.1 Å². The van der Waals surface area contributed by atoms with Crippen molar-refractivity contribution in [1.82, 2.24) is 0 Å². The van der Waals surface area contributed by atoms with Crippen molar-refractivity contribution < 1.29 is 0 Å². The Morgan fingerprint density at radius 2 is 1.83 bits per heavy atom. The van der Waals surface area contributed by atoms with Gasteiger partial charge in [0.1, 0.15) is 0 Å². The predicted molar refractivity (Wildman–Crippen MR) is 88.9 cm³/mol. The highest BCUT2D eigenvalue weighted by atomic mass is 127. The molecule has 0 bridgehead atoms. The van der Waals surface area contributed by atoms with Crippen LogP contribution in [0.15, 0.2) is 46.9 Å². The summed E-state index contributed by atoms with van der Waals surface area (Å²) in [5, 5.41) is 0.715. The zero-order chi connectivity index (χ0) is 13.1. The zero-order valence-electron chi connectivity index (χ0n) is 9.54. The minimum atomic E-state index is -0.0308. The molecule has 1 atom stereocenters. The number of hydrogen-bond donors (Lipinski definition) is 1. The topological polar surface area (TPSA) is 26.0 Å². The van der Waals surface area contributed by atoms with Crippen LogP contribution in [-0.2, 0) is 6.42 Å². The molecule has 1 nitrogen and oxygen atoms in total. The van der Waals surface area contributed by atoms with Crippen LogP contribution in [0.1, 0.15) is 17.2 Å². The van der Waals surface area contributed by atoms with Gasteiger partial charge in [0.15, 0.2) is 0 Å². The summed E-state index contributed by atoms with van der Waals surface area (Å²) in [4.78, 5) is 0. The van der Waals surface area contributed by atoms with Gasteiger partial charge in [-0.3, -0.25) is 0 Å². The molecule has 94 valence electrons. The summed E-state index contributed by atoms with van der Waals surface area (Å²) in [7, 11) is 0. The first kappa shape index (κ1) is 14.3. The highest BCUT2D eigenvalue weighted by Crippen LogP contribution is 2.27. The van der Waals surface area contributed by atoms with Crippen LogP contribution in [0.4, 0.5) is 0 Å². The molecule has 2 N–H and O–H groups in total. The summed E-state index contributed by atoms with van der Waals surface area (Å²) >= 11 is 11.7. The molecule has 2 rings (SSSR count). The lowest BCUT2D eigenvalue weighted by atomic mass is 10.00. The van der Waals surface area contributed by atoms with E-state index >= 15 is 0 Å². The van der Waals surface area contributed by atoms with Crippen LogP contribution in [0.5, 0.6) is 0 Å². The Bertz CT molecular complexity index is 542. The minimum absolute atomic E-state index is 0.0308. The first-order valence-corrected chi connectivity index (χ1v) is 7.76. The average Bonchev–Trinajstić information content (AvgIpc) is 2.32. The molecule has 2 aromatic carbocycles. The lowest BCUT2D eigenvalue weighted by Crippen LogP contribution is -2.13. The quantitative estimate of drug-likeness (QED) is 0.677. The van der Waals surface area contributed by atoms with Crippen molar-refractivity contribution in [1.29, 1.82) is 0 Å². The van der Waals surface area contributed by atoms with Crippen LogP contribution in [-0.4, -0.2) is 0 Å². The molecule has 4 heteroatoms. The van der Waals surface area contributed by atoms with Crippen LogP contribution in [0.25, 0.3) is 0 Å². The van der Waals surface area contributed by atoms with Gasteiger partial charge >= 0.3 is 0 Å². The molecule has 0 saturated heterocycles. The average molecular weight is 437 g/mol. The highest BCUT2D eigenvalue weighted by Gasteiger charge is 2.11. The Labute approximate surface area is 134 Å². The monoisotopic (exact) mass is 435 g/mol. The van der Waals surface area contributed by atoms with Crippen molar-refractivity contribution in [2.75, 3.05) is 0 Å². The van der Waals surface area contributed by atoms with Crippen molar-refractivity contribution in [2.45, 2.75) is 12.5 Å². The van der Waals surface area contributed by atoms with Gasteiger partial charge in [-0.05, 0) is 64.4 Å². The maximum atomic E-state index is 6.24. The fourth-order valence-electron chi connectivity index (χ4n) is 1.79. The van der Waals surface area contributed by atoms with Crippen LogP contribution in [0.2, 0.25) is 5.02 Å². The summed E-state index contributed by atoms with van der Waals surface area (Å²) in [6.45, 7) is 0. The Hall–Kier alpha value is -0.100. The van der Waals surface area contributed by atoms with Crippen molar-refractivity contribution in [2.24, 2.45) is 5.73 Å². The van der Waals surface area contributed by atoms with Gasteiger partial charge < -0.3 is 5.73 Å². The number of hydrogen-bond acceptors (Lipinski definition) is 1. The smallest absolute Gasteiger partial charge is 0.0417 e. The van der Waals surface area contributed by atoms with Gasteiger partial charge in [0.25, 0.3) is 0 Å². The van der Waals surface area contributed by atoms with Crippen LogP contribution >= 0.6 is 50.1 Å². The summed E-state index contributed by atoms with van der Waals surface area (Å²) in [5.41, 5.74) is 8.56. The molecule has 0 aromatic heterocycles. The molecule has 0 saturated carbocycles. The molecule has 18 heavy (non-hydrogen) atoms. The number of nitrogens with two attached hydrogens (primary N) is 1. The van der Waals surface area contributed by atoms with Crippen molar-refractivity contribution in [3.8, 4) is 0 Å². The molecule has 0 fully saturated rings. The Balaban J connectivity index is 2.16. The van der Waals surface area contributed by atoms with Gasteiger partial charge in [0, 0.05) is 19.1 Å². The standard InChI is InChI=1S/C14H12BrClIN/c15-13-8-10(16)3-6-12(13)14(18)7-9-1-4-11(17)5-2-9/h1-6,8,14H,7,18H2. The molecule has 2 aromatic rings. The van der Waals surface area contributed by atoms with Crippen molar-refractivity contribution in [3.05, 3.63) is 66.7 Å². The fraction of sp³-hybridized carbons (Fsp3) is 0.143. The number of benzene rings is 2. The summed E-state index contributed by atoms with van der Waals surface area (Å²) in [6.07, 6.45) is 0.817. The van der Waals surface area contributed by atoms with Gasteiger partial charge in [-0.2, -0.15) is 0 Å². The molecule has 0 heterocycles. The van der Waals surface area contributed by atoms with Crippen LogP contribution in [0, 0.1) is 3.57 Å². The third kappa shape index (κ3) is 3.70. The SMILES string of the molecule is NC(Cc1ccc(I)cc1)c1ccc(Cl)cc1Br. The fourth-order valence-corrected chi connectivity index (χ4v) is 3.12. The van der Waals surface area contributed by atoms with E-state index in [9.17, 15) is 0 Å². The van der Waals surface area contributed by atoms with Gasteiger partial charge in [-0.25, -0.2) is 0 Å². The van der Waals surface area contributed by atoms with Gasteiger partial charge in [0.2, 0.25) is 0 Å². The van der Waals surface area contributed by atoms with Gasteiger partial charge in [-0.15, -0.1) is 0 Å². The third-order valence-corrected chi connectivity index (χ3v) is 4.37. The lowest BCUT2D eigenvalue weighted by molar-refractivity contribution is 0.718. The van der Waals surface area contributed by atoms with Crippen molar-refractivity contribution in [3.63, 3.8) is 0 Å². The van der Waals surface area contributed by atoms with E-state index < -0.39 is 0 Å². The molecule has 0 radical (unpaired) electrons. The maximum absolute atomic E-state index is 6.24. The molecular weight excluding hydrogens is 424 g/mol. The first-order chi connectivity index (χ1) is 8.56. The van der Waals surface area contributed by atoms with Gasteiger partial charge in [0.05, 0.1) is 0 Å². The summed E-state index contributed by atoms with van der Waals surface area (Å²) in [6, 6.07) is 14.1. The molecular formula is C14H12BrClIN. The predicted octanol–water partition coefficient (Wildman–Crippen LogP) is 4.95. The molecule has 0 aliphatic carbocycles. The number of halogens is 3. The largest absolute Gasteiger partial charge is 0.324 e. The minimum Gasteiger partial charge on any atom is -0.324 e. The van der Waals surface area contributed by atoms with Gasteiger partial charge in [-0.1, -0.05) is 45.7 Å². The Morgan fingerprint density at radius 3 is 2.44 bits per heavy atom. The van der Waals surface area contributed by atoms with E-state index in [-0.39, 0.29) is 6.04 Å². The second-order valence-corrected chi connectivity index (χ2v) is 6.64. The molecule has 0 amide bonds. The number of rotatable bonds is 3. The van der Waals surface area contributed by atoms with E-state index in [0.29, 0.717) is 5.02 Å². The first-order valence-electron chi connectivity index (χ1n) is 5.51. The second-order valence-electron chi connectivity index (χ2n) is 4.10. The van der Waals surface area contributed by atoms with E-state index in [4.69, 9.17) is 17.3 Å². The molecule has 0 aliphatic heterocycles. The maximum Gasteiger partial charge on any atom is 0.0417 e. The molecule has 1 unspecified atom stereocenters. The van der Waals surface area contributed by atoms with E-state index in [0.717, 1.165) is 16.5 Å². The summed E-state index contributed by atoms with van der Waals surface area (Å²) < 4.78 is 2.20. The Kier molecular flexibility index (Phi) is 5.06. The Morgan fingerprint density at radius 1 is 1.17 bits per heavy atom. The molecule has 0 aliphatic rings. The summed E-state index contributed by atoms with van der Waals surface area (Å²) in [5.74, 6) is 0. The highest BCUT2D eigenvalue weighted by molar-refractivity contribution is 14.1. The van der Waals surface area contributed by atoms with E-state index in [1.54, 1.807) is 0 Å². The van der Waals surface area contributed by atoms with Crippen LogP contribution in [0.3, 0.4) is 0 Å². The van der Waals surface area contributed by atoms with E-state index in [1.807, 2.05) is 18.2 Å².